The Morgan fingerprint density at radius 2 is 1.86 bits per heavy atom. The van der Waals surface area contributed by atoms with E-state index in [2.05, 4.69) is 19.1 Å². The summed E-state index contributed by atoms with van der Waals surface area (Å²) in [5, 5.41) is 0. The standard InChI is InChI=1S/C24H28O5/c1-12-9-13(2)17(14(3)10-12)19-21(25)18-16-7-8-24(29-16,11-27-4)20(18)22(19)28-23(26)15-5-6-15/h9-10,15-16,18,20H,5-8,11H2,1-4H3/t16?,18-,20+,24?/m0/s1. The Morgan fingerprint density at radius 3 is 2.48 bits per heavy atom. The Kier molecular flexibility index (Phi) is 4.27. The molecule has 5 rings (SSSR count). The Hall–Kier alpha value is -1.98. The first kappa shape index (κ1) is 19.0. The zero-order chi connectivity index (χ0) is 20.5. The van der Waals surface area contributed by atoms with Crippen LogP contribution >= 0.6 is 0 Å². The number of aryl methyl sites for hydroxylation is 3. The highest BCUT2D eigenvalue weighted by Gasteiger charge is 2.67. The van der Waals surface area contributed by atoms with Crippen molar-refractivity contribution in [1.29, 1.82) is 0 Å². The molecule has 2 heterocycles. The predicted octanol–water partition coefficient (Wildman–Crippen LogP) is 3.67. The van der Waals surface area contributed by atoms with Crippen LogP contribution in [0.3, 0.4) is 0 Å². The fourth-order valence-corrected chi connectivity index (χ4v) is 5.88. The Labute approximate surface area is 171 Å². The lowest BCUT2D eigenvalue weighted by molar-refractivity contribution is -0.143. The summed E-state index contributed by atoms with van der Waals surface area (Å²) in [6.07, 6.45) is 3.28. The number of ketones is 1. The van der Waals surface area contributed by atoms with Crippen LogP contribution in [0.5, 0.6) is 0 Å². The second-order valence-corrected chi connectivity index (χ2v) is 9.27. The van der Waals surface area contributed by atoms with Crippen molar-refractivity contribution in [3.05, 3.63) is 40.1 Å². The molecule has 0 radical (unpaired) electrons. The van der Waals surface area contributed by atoms with Gasteiger partial charge in [0.05, 0.1) is 36.0 Å². The first-order chi connectivity index (χ1) is 13.9. The van der Waals surface area contributed by atoms with Crippen LogP contribution in [-0.4, -0.2) is 37.2 Å². The molecule has 5 nitrogen and oxygen atoms in total. The van der Waals surface area contributed by atoms with E-state index < -0.39 is 5.60 Å². The summed E-state index contributed by atoms with van der Waals surface area (Å²) >= 11 is 0. The number of hydrogen-bond acceptors (Lipinski definition) is 5. The van der Waals surface area contributed by atoms with Gasteiger partial charge in [-0.2, -0.15) is 0 Å². The van der Waals surface area contributed by atoms with E-state index in [1.54, 1.807) is 7.11 Å². The summed E-state index contributed by atoms with van der Waals surface area (Å²) in [7, 11) is 1.66. The summed E-state index contributed by atoms with van der Waals surface area (Å²) in [5.41, 5.74) is 4.18. The molecule has 2 unspecified atom stereocenters. The van der Waals surface area contributed by atoms with E-state index in [4.69, 9.17) is 14.2 Å². The number of hydrogen-bond donors (Lipinski definition) is 0. The van der Waals surface area contributed by atoms with Crippen LogP contribution < -0.4 is 0 Å². The largest absolute Gasteiger partial charge is 0.430 e. The Morgan fingerprint density at radius 1 is 1.17 bits per heavy atom. The van der Waals surface area contributed by atoms with Crippen LogP contribution in [0.15, 0.2) is 17.9 Å². The normalized spacial score (nSPS) is 32.8. The number of esters is 1. The van der Waals surface area contributed by atoms with Gasteiger partial charge in [-0.15, -0.1) is 0 Å². The minimum atomic E-state index is -0.576. The molecule has 1 aromatic rings. The second kappa shape index (κ2) is 6.51. The van der Waals surface area contributed by atoms with Crippen molar-refractivity contribution in [1.82, 2.24) is 0 Å². The number of carbonyl (C=O) groups excluding carboxylic acids is 2. The van der Waals surface area contributed by atoms with Gasteiger partial charge in [0, 0.05) is 7.11 Å². The molecular formula is C24H28O5. The zero-order valence-corrected chi connectivity index (χ0v) is 17.5. The first-order valence-electron chi connectivity index (χ1n) is 10.6. The number of Topliss-reactive ketones (excluding diaryl/α,β-unsaturated/α-hetero) is 1. The number of ether oxygens (including phenoxy) is 3. The molecule has 2 saturated heterocycles. The maximum atomic E-state index is 13.7. The third kappa shape index (κ3) is 2.74. The Balaban J connectivity index is 1.68. The van der Waals surface area contributed by atoms with Crippen molar-refractivity contribution in [2.24, 2.45) is 17.8 Å². The van der Waals surface area contributed by atoms with Crippen LogP contribution in [0.4, 0.5) is 0 Å². The summed E-state index contributed by atoms with van der Waals surface area (Å²) in [5.74, 6) is -0.167. The van der Waals surface area contributed by atoms with E-state index in [0.717, 1.165) is 47.9 Å². The van der Waals surface area contributed by atoms with Gasteiger partial charge in [-0.25, -0.2) is 0 Å². The SMILES string of the molecule is COCC12CCC(O1)[C@@H]1C(=O)C(c3c(C)cc(C)cc3C)=C(OC(=O)C3CC3)[C@@H]12. The lowest BCUT2D eigenvalue weighted by Crippen LogP contribution is -2.42. The fourth-order valence-electron chi connectivity index (χ4n) is 5.88. The van der Waals surface area contributed by atoms with Gasteiger partial charge in [-0.05, 0) is 63.1 Å². The van der Waals surface area contributed by atoms with E-state index in [0.29, 0.717) is 17.9 Å². The van der Waals surface area contributed by atoms with E-state index >= 15 is 0 Å². The van der Waals surface area contributed by atoms with E-state index in [1.807, 2.05) is 13.8 Å². The van der Waals surface area contributed by atoms with Gasteiger partial charge in [0.2, 0.25) is 0 Å². The molecule has 1 saturated carbocycles. The summed E-state index contributed by atoms with van der Waals surface area (Å²) < 4.78 is 17.9. The van der Waals surface area contributed by atoms with Crippen molar-refractivity contribution in [2.75, 3.05) is 13.7 Å². The molecule has 5 heteroatoms. The topological polar surface area (TPSA) is 61.8 Å². The van der Waals surface area contributed by atoms with Crippen molar-refractivity contribution in [2.45, 2.75) is 58.2 Å². The van der Waals surface area contributed by atoms with Crippen LogP contribution in [0.1, 0.15) is 47.9 Å². The highest BCUT2D eigenvalue weighted by molar-refractivity contribution is 6.26. The van der Waals surface area contributed by atoms with Gasteiger partial charge < -0.3 is 14.2 Å². The van der Waals surface area contributed by atoms with Crippen LogP contribution in [0.2, 0.25) is 0 Å². The van der Waals surface area contributed by atoms with Gasteiger partial charge in [-0.3, -0.25) is 9.59 Å². The number of benzene rings is 1. The lowest BCUT2D eigenvalue weighted by atomic mass is 9.73. The highest BCUT2D eigenvalue weighted by Crippen LogP contribution is 2.60. The molecule has 0 spiro atoms. The van der Waals surface area contributed by atoms with Crippen molar-refractivity contribution < 1.29 is 23.8 Å². The minimum absolute atomic E-state index is 0.0315. The quantitative estimate of drug-likeness (QED) is 0.711. The van der Waals surface area contributed by atoms with Gasteiger partial charge in [0.25, 0.3) is 0 Å². The predicted molar refractivity (Wildman–Crippen MR) is 107 cm³/mol. The second-order valence-electron chi connectivity index (χ2n) is 9.27. The van der Waals surface area contributed by atoms with Crippen molar-refractivity contribution in [3.8, 4) is 0 Å². The molecule has 0 amide bonds. The third-order valence-corrected chi connectivity index (χ3v) is 7.08. The fraction of sp³-hybridized carbons (Fsp3) is 0.583. The highest BCUT2D eigenvalue weighted by atomic mass is 16.6. The number of methoxy groups -OCH3 is 1. The average Bonchev–Trinajstić information content (AvgIpc) is 3.28. The molecule has 29 heavy (non-hydrogen) atoms. The average molecular weight is 396 g/mol. The van der Waals surface area contributed by atoms with E-state index in [-0.39, 0.29) is 35.6 Å². The maximum absolute atomic E-state index is 13.7. The molecule has 3 fully saturated rings. The van der Waals surface area contributed by atoms with E-state index in [1.165, 1.54) is 0 Å². The van der Waals surface area contributed by atoms with Crippen molar-refractivity contribution >= 4 is 17.3 Å². The van der Waals surface area contributed by atoms with Gasteiger partial charge in [0.15, 0.2) is 5.78 Å². The number of fused-ring (bicyclic) bond motifs is 5. The maximum Gasteiger partial charge on any atom is 0.314 e. The van der Waals surface area contributed by atoms with Gasteiger partial charge >= 0.3 is 5.97 Å². The molecule has 2 aliphatic carbocycles. The molecule has 2 bridgehead atoms. The molecule has 1 aromatic carbocycles. The Bertz CT molecular complexity index is 918. The summed E-state index contributed by atoms with van der Waals surface area (Å²) in [6.45, 7) is 6.51. The van der Waals surface area contributed by atoms with E-state index in [9.17, 15) is 9.59 Å². The lowest BCUT2D eigenvalue weighted by Gasteiger charge is -2.33. The zero-order valence-electron chi connectivity index (χ0n) is 17.5. The molecule has 2 aliphatic heterocycles. The monoisotopic (exact) mass is 396 g/mol. The summed E-state index contributed by atoms with van der Waals surface area (Å²) in [4.78, 5) is 26.4. The molecule has 4 aliphatic rings. The van der Waals surface area contributed by atoms with Gasteiger partial charge in [0.1, 0.15) is 11.4 Å². The summed E-state index contributed by atoms with van der Waals surface area (Å²) in [6, 6.07) is 4.18. The number of carbonyl (C=O) groups is 2. The molecule has 0 N–H and O–H groups in total. The smallest absolute Gasteiger partial charge is 0.314 e. The van der Waals surface area contributed by atoms with Crippen LogP contribution in [0, 0.1) is 38.5 Å². The minimum Gasteiger partial charge on any atom is -0.430 e. The third-order valence-electron chi connectivity index (χ3n) is 7.08. The molecule has 4 atom stereocenters. The van der Waals surface area contributed by atoms with Crippen molar-refractivity contribution in [3.63, 3.8) is 0 Å². The number of allylic oxidation sites excluding steroid dienone is 1. The molecule has 154 valence electrons. The van der Waals surface area contributed by atoms with Gasteiger partial charge in [-0.1, -0.05) is 17.7 Å². The number of rotatable bonds is 5. The molecular weight excluding hydrogens is 368 g/mol. The van der Waals surface area contributed by atoms with Crippen LogP contribution in [0.25, 0.3) is 5.57 Å². The van der Waals surface area contributed by atoms with Crippen LogP contribution in [-0.2, 0) is 23.8 Å². The molecule has 0 aromatic heterocycles. The first-order valence-corrected chi connectivity index (χ1v) is 10.6.